The summed E-state index contributed by atoms with van der Waals surface area (Å²) in [4.78, 5) is 44.3. The van der Waals surface area contributed by atoms with Crippen LogP contribution in [0.15, 0.2) is 155 Å². The molecule has 0 saturated carbocycles. The summed E-state index contributed by atoms with van der Waals surface area (Å²) in [5.41, 5.74) is 7.39. The fourth-order valence-corrected chi connectivity index (χ4v) is 12.7. The molecule has 15 rings (SSSR count). The van der Waals surface area contributed by atoms with E-state index in [1.807, 2.05) is 73.2 Å². The number of hydrogen-bond acceptors (Lipinski definition) is 16. The third-order valence-corrected chi connectivity index (χ3v) is 20.0. The minimum atomic E-state index is -3.71. The van der Waals surface area contributed by atoms with Crippen molar-refractivity contribution in [2.24, 2.45) is 0 Å². The van der Waals surface area contributed by atoms with Crippen molar-refractivity contribution in [2.75, 3.05) is 49.3 Å². The maximum absolute atomic E-state index is 13.7. The standard InChI is InChI=1S/C31H24FN5O5S.C24H28BFN2O6S.C13H8ClN3O/c1-33-31(38)27-21-14-20(22-10-11-25-28(35-22)24-13-18-5-4-12-34-30(18)37(24)16-41-25)23(36(2)43(3,39)40)15-26(21)42-29(27)17-6-8-19(32)9-7-17;1-23(2)24(3,4)34-25(33-23)17-12-16-19(13-18(17)28(6)35(7,30)31)32-21(20(16)22(29)27-5)14-8-10-15(26)11-9-14;14-11-4-3-10-12(16-11)9-6-8-2-1-5-15-13(8)17(9)7-18-10/h4-15H,16H2,1-3H3,(H,33,38);8-13H,1-7H3,(H,27,29);1-6H,7H2. The summed E-state index contributed by atoms with van der Waals surface area (Å²) in [5.74, 6) is 0.108. The predicted molar refractivity (Wildman–Crippen MR) is 363 cm³/mol. The van der Waals surface area contributed by atoms with Gasteiger partial charge in [0.15, 0.2) is 13.5 Å². The highest BCUT2D eigenvalue weighted by Gasteiger charge is 2.53. The van der Waals surface area contributed by atoms with Gasteiger partial charge >= 0.3 is 7.12 Å². The number of amides is 2. The third-order valence-electron chi connectivity index (χ3n) is 17.4. The van der Waals surface area contributed by atoms with Gasteiger partial charge in [-0.1, -0.05) is 11.6 Å². The molecule has 0 radical (unpaired) electrons. The number of rotatable bonds is 10. The Kier molecular flexibility index (Phi) is 16.3. The second-order valence-corrected chi connectivity index (χ2v) is 28.3. The molecule has 490 valence electrons. The van der Waals surface area contributed by atoms with Crippen LogP contribution in [0.2, 0.25) is 5.15 Å². The second-order valence-electron chi connectivity index (χ2n) is 23.9. The van der Waals surface area contributed by atoms with E-state index in [9.17, 15) is 35.2 Å². The molecule has 12 aromatic rings. The number of ether oxygens (including phenoxy) is 2. The summed E-state index contributed by atoms with van der Waals surface area (Å²) in [7, 11) is -2.41. The van der Waals surface area contributed by atoms with Gasteiger partial charge in [-0.3, -0.25) is 27.3 Å². The first-order valence-corrected chi connectivity index (χ1v) is 33.9. The summed E-state index contributed by atoms with van der Waals surface area (Å²) in [5, 5.41) is 8.61. The lowest BCUT2D eigenvalue weighted by Crippen LogP contribution is -2.41. The molecule has 1 saturated heterocycles. The molecule has 11 heterocycles. The zero-order valence-corrected chi connectivity index (χ0v) is 55.7. The molecule has 0 bridgehead atoms. The minimum absolute atomic E-state index is 0.225. The molecule has 0 atom stereocenters. The van der Waals surface area contributed by atoms with Crippen LogP contribution in [0.5, 0.6) is 11.5 Å². The molecule has 3 aliphatic rings. The van der Waals surface area contributed by atoms with Crippen LogP contribution in [0.3, 0.4) is 0 Å². The smallest absolute Gasteiger partial charge is 0.470 e. The zero-order chi connectivity index (χ0) is 68.1. The molecule has 8 aromatic heterocycles. The number of anilines is 2. The topological polar surface area (TPSA) is 258 Å². The van der Waals surface area contributed by atoms with Crippen LogP contribution in [0.4, 0.5) is 20.2 Å². The molecule has 4 aromatic carbocycles. The number of nitrogens with zero attached hydrogens (tertiary/aromatic N) is 8. The Bertz CT molecular complexity index is 5380. The van der Waals surface area contributed by atoms with Gasteiger partial charge in [0.05, 0.1) is 63.3 Å². The lowest BCUT2D eigenvalue weighted by atomic mass is 9.77. The Hall–Kier alpha value is -10.2. The summed E-state index contributed by atoms with van der Waals surface area (Å²) in [6, 6.07) is 36.6. The van der Waals surface area contributed by atoms with Crippen LogP contribution < -0.4 is 34.2 Å². The fourth-order valence-electron chi connectivity index (χ4n) is 11.6. The maximum Gasteiger partial charge on any atom is 0.497 e. The van der Waals surface area contributed by atoms with Gasteiger partial charge in [-0.25, -0.2) is 45.6 Å². The normalized spacial score (nSPS) is 14.3. The monoisotopic (exact) mass is 1360 g/mol. The van der Waals surface area contributed by atoms with E-state index < -0.39 is 61.8 Å². The highest BCUT2D eigenvalue weighted by molar-refractivity contribution is 7.92. The van der Waals surface area contributed by atoms with E-state index >= 15 is 0 Å². The summed E-state index contributed by atoms with van der Waals surface area (Å²) in [6.07, 6.45) is 5.68. The summed E-state index contributed by atoms with van der Waals surface area (Å²) in [6.45, 7) is 8.30. The van der Waals surface area contributed by atoms with E-state index in [0.29, 0.717) is 73.3 Å². The Morgan fingerprint density at radius 1 is 0.594 bits per heavy atom. The van der Waals surface area contributed by atoms with Crippen molar-refractivity contribution in [2.45, 2.75) is 52.4 Å². The van der Waals surface area contributed by atoms with Crippen LogP contribution in [-0.4, -0.2) is 117 Å². The van der Waals surface area contributed by atoms with Crippen molar-refractivity contribution < 1.29 is 62.8 Å². The first-order chi connectivity index (χ1) is 45.6. The average molecular weight is 1360 g/mol. The van der Waals surface area contributed by atoms with Crippen LogP contribution in [0.1, 0.15) is 48.4 Å². The molecule has 28 heteroatoms. The SMILES string of the molecule is CNC(=O)c1c(-c2ccc(F)cc2)oc2cc(N(C)S(C)(=O)=O)c(-c3ccc4c(n3)-c3cc5cccnc5n3CO4)cc12.CNC(=O)c1c(-c2ccc(F)cc2)oc2cc(N(C)S(C)(=O)=O)c(B3OC(C)(C)C(C)(C)O3)cc12.Clc1ccc2c(n1)-c1cc3cccnc3n1CO2. The number of furan rings is 2. The number of pyridine rings is 4. The van der Waals surface area contributed by atoms with Gasteiger partial charge in [-0.2, -0.15) is 0 Å². The first-order valence-electron chi connectivity index (χ1n) is 29.9. The highest BCUT2D eigenvalue weighted by Crippen LogP contribution is 2.45. The molecule has 0 unspecified atom stereocenters. The second kappa shape index (κ2) is 24.2. The van der Waals surface area contributed by atoms with Gasteiger partial charge in [0.25, 0.3) is 11.8 Å². The van der Waals surface area contributed by atoms with Crippen LogP contribution in [-0.2, 0) is 42.8 Å². The Morgan fingerprint density at radius 3 is 1.52 bits per heavy atom. The van der Waals surface area contributed by atoms with Crippen LogP contribution >= 0.6 is 11.6 Å². The molecule has 0 aliphatic carbocycles. The van der Waals surface area contributed by atoms with Crippen molar-refractivity contribution in [3.05, 3.63) is 174 Å². The van der Waals surface area contributed by atoms with E-state index in [4.69, 9.17) is 44.2 Å². The molecule has 1 fully saturated rings. The van der Waals surface area contributed by atoms with Crippen molar-refractivity contribution >= 4 is 111 Å². The number of sulfonamides is 2. The van der Waals surface area contributed by atoms with Gasteiger partial charge in [-0.15, -0.1) is 0 Å². The molecular weight excluding hydrogens is 1300 g/mol. The van der Waals surface area contributed by atoms with E-state index in [-0.39, 0.29) is 40.5 Å². The molecule has 2 N–H and O–H groups in total. The third kappa shape index (κ3) is 11.6. The molecule has 3 aliphatic heterocycles. The van der Waals surface area contributed by atoms with Gasteiger partial charge < -0.3 is 38.3 Å². The van der Waals surface area contributed by atoms with E-state index in [1.54, 1.807) is 54.9 Å². The number of halogens is 3. The summed E-state index contributed by atoms with van der Waals surface area (Å²) < 4.78 is 120. The van der Waals surface area contributed by atoms with E-state index in [1.165, 1.54) is 76.7 Å². The lowest BCUT2D eigenvalue weighted by Gasteiger charge is -2.32. The van der Waals surface area contributed by atoms with Gasteiger partial charge in [-0.05, 0) is 149 Å². The quantitative estimate of drug-likeness (QED) is 0.0953. The van der Waals surface area contributed by atoms with Crippen molar-refractivity contribution in [3.8, 4) is 68.2 Å². The predicted octanol–water partition coefficient (Wildman–Crippen LogP) is 11.8. The summed E-state index contributed by atoms with van der Waals surface area (Å²) >= 11 is 5.95. The van der Waals surface area contributed by atoms with Crippen LogP contribution in [0, 0.1) is 11.6 Å². The van der Waals surface area contributed by atoms with Crippen molar-refractivity contribution in [3.63, 3.8) is 0 Å². The van der Waals surface area contributed by atoms with Gasteiger partial charge in [0.1, 0.15) is 73.7 Å². The van der Waals surface area contributed by atoms with Crippen molar-refractivity contribution in [1.82, 2.24) is 39.7 Å². The van der Waals surface area contributed by atoms with Crippen molar-refractivity contribution in [1.29, 1.82) is 0 Å². The molecular formula is C68H60BClF2N10O12S2. The number of fused-ring (bicyclic) bond motifs is 12. The number of aromatic nitrogens is 6. The average Bonchev–Trinajstić information content (AvgIpc) is 1.54. The molecule has 96 heavy (non-hydrogen) atoms. The van der Waals surface area contributed by atoms with Gasteiger partial charge in [0.2, 0.25) is 20.0 Å². The fraction of sp³-hybridized carbons (Fsp3) is 0.206. The highest BCUT2D eigenvalue weighted by atomic mass is 35.5. The molecule has 22 nitrogen and oxygen atoms in total. The van der Waals surface area contributed by atoms with E-state index in [2.05, 4.69) is 31.7 Å². The largest absolute Gasteiger partial charge is 0.497 e. The number of hydrogen-bond donors (Lipinski definition) is 2. The number of benzene rings is 4. The number of carbonyl (C=O) groups excluding carboxylic acids is 2. The lowest BCUT2D eigenvalue weighted by molar-refractivity contribution is 0.00578. The minimum Gasteiger partial charge on any atom is -0.470 e. The van der Waals surface area contributed by atoms with Gasteiger partial charge in [0, 0.05) is 96.4 Å². The van der Waals surface area contributed by atoms with E-state index in [0.717, 1.165) is 66.0 Å². The Labute approximate surface area is 554 Å². The number of nitrogens with one attached hydrogen (secondary N) is 2. The molecule has 0 spiro atoms. The maximum atomic E-state index is 13.7. The Morgan fingerprint density at radius 2 is 1.04 bits per heavy atom. The number of carbonyl (C=O) groups is 2. The van der Waals surface area contributed by atoms with Crippen LogP contribution in [0.25, 0.3) is 101 Å². The Balaban J connectivity index is 0.000000140. The first kappa shape index (κ1) is 64.5. The zero-order valence-electron chi connectivity index (χ0n) is 53.3. The molecule has 2 amide bonds.